The Hall–Kier alpha value is -1.59. The van der Waals surface area contributed by atoms with Crippen LogP contribution in [0.1, 0.15) is 40.0 Å². The van der Waals surface area contributed by atoms with Crippen LogP contribution in [-0.4, -0.2) is 57.9 Å². The van der Waals surface area contributed by atoms with Crippen LogP contribution in [0.25, 0.3) is 0 Å². The molecule has 2 aliphatic rings. The fourth-order valence-electron chi connectivity index (χ4n) is 2.81. The van der Waals surface area contributed by atoms with Gasteiger partial charge in [-0.05, 0) is 26.7 Å². The maximum atomic E-state index is 12.7. The Bertz CT molecular complexity index is 445. The maximum absolute atomic E-state index is 12.7. The number of amides is 2. The van der Waals surface area contributed by atoms with Crippen molar-refractivity contribution in [3.8, 4) is 0 Å². The van der Waals surface area contributed by atoms with Crippen molar-refractivity contribution in [2.75, 3.05) is 13.1 Å². The predicted molar refractivity (Wildman–Crippen MR) is 76.5 cm³/mol. The Kier molecular flexibility index (Phi) is 4.54. The van der Waals surface area contributed by atoms with Gasteiger partial charge in [0.2, 0.25) is 11.8 Å². The van der Waals surface area contributed by atoms with E-state index >= 15 is 0 Å². The van der Waals surface area contributed by atoms with E-state index in [-0.39, 0.29) is 42.8 Å². The number of nitrogens with zero attached hydrogens (tertiary/aromatic N) is 2. The summed E-state index contributed by atoms with van der Waals surface area (Å²) in [5.41, 5.74) is 0. The van der Waals surface area contributed by atoms with Gasteiger partial charge in [-0.3, -0.25) is 14.4 Å². The quantitative estimate of drug-likeness (QED) is 0.792. The van der Waals surface area contributed by atoms with Crippen LogP contribution in [0.2, 0.25) is 0 Å². The SMILES string of the molecule is CC(C)N1C[C@@H](C(=O)N(C[C@@H](C)C(=O)O)C2CC2)CC1=O. The smallest absolute Gasteiger partial charge is 0.308 e. The van der Waals surface area contributed by atoms with Gasteiger partial charge in [0.25, 0.3) is 0 Å². The number of aliphatic carboxylic acids is 1. The van der Waals surface area contributed by atoms with Crippen molar-refractivity contribution in [2.24, 2.45) is 11.8 Å². The van der Waals surface area contributed by atoms with Gasteiger partial charge in [0.15, 0.2) is 0 Å². The number of carboxylic acid groups (broad SMARTS) is 1. The fraction of sp³-hybridized carbons (Fsp3) is 0.800. The van der Waals surface area contributed by atoms with E-state index in [2.05, 4.69) is 0 Å². The number of carbonyl (C=O) groups is 3. The van der Waals surface area contributed by atoms with Gasteiger partial charge in [0.1, 0.15) is 0 Å². The molecule has 0 aromatic rings. The summed E-state index contributed by atoms with van der Waals surface area (Å²) in [6.45, 7) is 6.20. The third-order valence-corrected chi connectivity index (χ3v) is 4.29. The first-order valence-electron chi connectivity index (χ1n) is 7.64. The minimum atomic E-state index is -0.889. The molecule has 2 rings (SSSR count). The van der Waals surface area contributed by atoms with Gasteiger partial charge in [-0.1, -0.05) is 6.92 Å². The van der Waals surface area contributed by atoms with Crippen molar-refractivity contribution in [1.82, 2.24) is 9.80 Å². The molecule has 2 atom stereocenters. The highest BCUT2D eigenvalue weighted by atomic mass is 16.4. The van der Waals surface area contributed by atoms with Crippen molar-refractivity contribution < 1.29 is 19.5 Å². The molecule has 1 aliphatic heterocycles. The third kappa shape index (κ3) is 3.54. The Morgan fingerprint density at radius 3 is 2.38 bits per heavy atom. The molecular formula is C15H24N2O4. The molecule has 0 aromatic heterocycles. The Morgan fingerprint density at radius 2 is 1.95 bits per heavy atom. The number of likely N-dealkylation sites (tertiary alicyclic amines) is 1. The average Bonchev–Trinajstić information content (AvgIpc) is 3.16. The molecule has 21 heavy (non-hydrogen) atoms. The summed E-state index contributed by atoms with van der Waals surface area (Å²) < 4.78 is 0. The van der Waals surface area contributed by atoms with Crippen molar-refractivity contribution in [2.45, 2.75) is 52.1 Å². The molecule has 0 radical (unpaired) electrons. The van der Waals surface area contributed by atoms with Crippen molar-refractivity contribution in [3.63, 3.8) is 0 Å². The first-order chi connectivity index (χ1) is 9.81. The summed E-state index contributed by atoms with van der Waals surface area (Å²) in [4.78, 5) is 39.0. The average molecular weight is 296 g/mol. The molecule has 0 aromatic carbocycles. The molecule has 2 fully saturated rings. The van der Waals surface area contributed by atoms with Crippen molar-refractivity contribution in [1.29, 1.82) is 0 Å². The van der Waals surface area contributed by atoms with Gasteiger partial charge < -0.3 is 14.9 Å². The molecule has 6 nitrogen and oxygen atoms in total. The zero-order chi connectivity index (χ0) is 15.7. The highest BCUT2D eigenvalue weighted by Crippen LogP contribution is 2.31. The van der Waals surface area contributed by atoms with Crippen molar-refractivity contribution >= 4 is 17.8 Å². The van der Waals surface area contributed by atoms with Gasteiger partial charge in [-0.25, -0.2) is 0 Å². The second-order valence-electron chi connectivity index (χ2n) is 6.50. The lowest BCUT2D eigenvalue weighted by Crippen LogP contribution is -2.43. The molecule has 1 heterocycles. The van der Waals surface area contributed by atoms with E-state index in [1.165, 1.54) is 0 Å². The Balaban J connectivity index is 2.02. The molecule has 1 saturated heterocycles. The van der Waals surface area contributed by atoms with Gasteiger partial charge in [-0.2, -0.15) is 0 Å². The van der Waals surface area contributed by atoms with E-state index in [4.69, 9.17) is 5.11 Å². The maximum Gasteiger partial charge on any atom is 0.308 e. The van der Waals surface area contributed by atoms with Crippen LogP contribution >= 0.6 is 0 Å². The normalized spacial score (nSPS) is 23.5. The number of hydrogen-bond donors (Lipinski definition) is 1. The fourth-order valence-corrected chi connectivity index (χ4v) is 2.81. The molecule has 6 heteroatoms. The highest BCUT2D eigenvalue weighted by Gasteiger charge is 2.42. The number of rotatable bonds is 6. The van der Waals surface area contributed by atoms with E-state index < -0.39 is 11.9 Å². The lowest BCUT2D eigenvalue weighted by Gasteiger charge is -2.27. The summed E-state index contributed by atoms with van der Waals surface area (Å²) in [7, 11) is 0. The first-order valence-corrected chi connectivity index (χ1v) is 7.64. The Labute approximate surface area is 125 Å². The standard InChI is InChI=1S/C15H24N2O4/c1-9(2)16-8-11(6-13(16)18)14(19)17(12-4-5-12)7-10(3)15(20)21/h9-12H,4-8H2,1-3H3,(H,20,21)/t10-,11+/m1/s1. The van der Waals surface area contributed by atoms with Crippen molar-refractivity contribution in [3.05, 3.63) is 0 Å². The summed E-state index contributed by atoms with van der Waals surface area (Å²) in [6, 6.07) is 0.269. The number of hydrogen-bond acceptors (Lipinski definition) is 3. The van der Waals surface area contributed by atoms with Crippen LogP contribution in [0, 0.1) is 11.8 Å². The summed E-state index contributed by atoms with van der Waals surface area (Å²) in [6.07, 6.45) is 2.13. The van der Waals surface area contributed by atoms with Gasteiger partial charge in [-0.15, -0.1) is 0 Å². The monoisotopic (exact) mass is 296 g/mol. The molecule has 1 saturated carbocycles. The molecule has 2 amide bonds. The number of carboxylic acids is 1. The summed E-state index contributed by atoms with van der Waals surface area (Å²) >= 11 is 0. The number of carbonyl (C=O) groups excluding carboxylic acids is 2. The minimum Gasteiger partial charge on any atom is -0.481 e. The highest BCUT2D eigenvalue weighted by molar-refractivity contribution is 5.90. The molecule has 0 bridgehead atoms. The zero-order valence-electron chi connectivity index (χ0n) is 12.9. The molecule has 1 N–H and O–H groups in total. The zero-order valence-corrected chi connectivity index (χ0v) is 12.9. The van der Waals surface area contributed by atoms with Crippen LogP contribution in [0.3, 0.4) is 0 Å². The van der Waals surface area contributed by atoms with E-state index in [0.29, 0.717) is 6.54 Å². The molecule has 118 valence electrons. The minimum absolute atomic E-state index is 0.0189. The van der Waals surface area contributed by atoms with Crippen LogP contribution in [-0.2, 0) is 14.4 Å². The second kappa shape index (κ2) is 6.03. The Morgan fingerprint density at radius 1 is 1.33 bits per heavy atom. The first kappa shape index (κ1) is 15.8. The summed E-state index contributed by atoms with van der Waals surface area (Å²) in [5, 5.41) is 9.04. The third-order valence-electron chi connectivity index (χ3n) is 4.29. The van der Waals surface area contributed by atoms with Crippen LogP contribution in [0.5, 0.6) is 0 Å². The van der Waals surface area contributed by atoms with Crippen LogP contribution in [0.15, 0.2) is 0 Å². The second-order valence-corrected chi connectivity index (χ2v) is 6.50. The molecule has 1 aliphatic carbocycles. The lowest BCUT2D eigenvalue weighted by molar-refractivity contribution is -0.144. The van der Waals surface area contributed by atoms with Crippen LogP contribution < -0.4 is 0 Å². The molecule has 0 spiro atoms. The topological polar surface area (TPSA) is 77.9 Å². The van der Waals surface area contributed by atoms with E-state index in [0.717, 1.165) is 12.8 Å². The van der Waals surface area contributed by atoms with Gasteiger partial charge in [0, 0.05) is 31.6 Å². The molecular weight excluding hydrogens is 272 g/mol. The van der Waals surface area contributed by atoms with E-state index in [1.807, 2.05) is 13.8 Å². The van der Waals surface area contributed by atoms with Crippen LogP contribution in [0.4, 0.5) is 0 Å². The van der Waals surface area contributed by atoms with E-state index in [9.17, 15) is 14.4 Å². The van der Waals surface area contributed by atoms with Gasteiger partial charge in [0.05, 0.1) is 11.8 Å². The largest absolute Gasteiger partial charge is 0.481 e. The summed E-state index contributed by atoms with van der Waals surface area (Å²) in [5.74, 6) is -1.82. The predicted octanol–water partition coefficient (Wildman–Crippen LogP) is 0.955. The van der Waals surface area contributed by atoms with Gasteiger partial charge >= 0.3 is 5.97 Å². The lowest BCUT2D eigenvalue weighted by atomic mass is 10.1. The van der Waals surface area contributed by atoms with E-state index in [1.54, 1.807) is 16.7 Å². The molecule has 0 unspecified atom stereocenters.